The van der Waals surface area contributed by atoms with E-state index in [9.17, 15) is 8.78 Å². The van der Waals surface area contributed by atoms with Crippen molar-refractivity contribution < 1.29 is 8.78 Å². The van der Waals surface area contributed by atoms with Crippen LogP contribution in [0.5, 0.6) is 0 Å². The third-order valence-electron chi connectivity index (χ3n) is 3.06. The summed E-state index contributed by atoms with van der Waals surface area (Å²) in [6.45, 7) is 4.01. The molecular weight excluding hydrogens is 276 g/mol. The molecule has 4 N–H and O–H groups in total. The fraction of sp³-hybridized carbons (Fsp3) is 0.286. The van der Waals surface area contributed by atoms with Gasteiger partial charge in [-0.15, -0.1) is 0 Å². The molecule has 0 radical (unpaired) electrons. The summed E-state index contributed by atoms with van der Waals surface area (Å²) in [5.41, 5.74) is 6.17. The van der Waals surface area contributed by atoms with E-state index in [1.165, 1.54) is 6.33 Å². The normalized spacial score (nSPS) is 12.0. The summed E-state index contributed by atoms with van der Waals surface area (Å²) >= 11 is 0. The second-order valence-corrected chi connectivity index (χ2v) is 4.69. The zero-order valence-electron chi connectivity index (χ0n) is 11.8. The Labute approximate surface area is 121 Å². The van der Waals surface area contributed by atoms with E-state index in [0.717, 1.165) is 24.6 Å². The van der Waals surface area contributed by atoms with Gasteiger partial charge in [0.25, 0.3) is 0 Å². The number of nitrogen functional groups attached to an aromatic ring is 1. The number of benzene rings is 1. The quantitative estimate of drug-likeness (QED) is 0.788. The maximum absolute atomic E-state index is 13.6. The van der Waals surface area contributed by atoms with E-state index in [0.29, 0.717) is 5.82 Å². The van der Waals surface area contributed by atoms with Crippen molar-refractivity contribution in [2.75, 3.05) is 16.4 Å². The predicted molar refractivity (Wildman–Crippen MR) is 79.5 cm³/mol. The molecule has 2 aromatic rings. The van der Waals surface area contributed by atoms with Crippen LogP contribution in [-0.2, 0) is 0 Å². The molecule has 0 amide bonds. The highest BCUT2D eigenvalue weighted by Crippen LogP contribution is 2.27. The summed E-state index contributed by atoms with van der Waals surface area (Å²) in [5.74, 6) is -0.464. The fourth-order valence-electron chi connectivity index (χ4n) is 1.67. The Kier molecular flexibility index (Phi) is 4.52. The third kappa shape index (κ3) is 3.56. The molecule has 0 fully saturated rings. The van der Waals surface area contributed by atoms with E-state index < -0.39 is 11.6 Å². The molecule has 5 nitrogen and oxygen atoms in total. The van der Waals surface area contributed by atoms with E-state index in [2.05, 4.69) is 20.6 Å². The lowest BCUT2D eigenvalue weighted by Crippen LogP contribution is -2.16. The SMILES string of the molecule is CCC(C)Nc1ncnc(Nc2cc(F)ccc2F)c1N. The number of anilines is 4. The monoisotopic (exact) mass is 293 g/mol. The van der Waals surface area contributed by atoms with Crippen LogP contribution in [-0.4, -0.2) is 16.0 Å². The highest BCUT2D eigenvalue weighted by Gasteiger charge is 2.12. The number of halogens is 2. The molecule has 1 aromatic carbocycles. The molecule has 0 aliphatic heterocycles. The molecule has 7 heteroatoms. The summed E-state index contributed by atoms with van der Waals surface area (Å²) in [7, 11) is 0. The van der Waals surface area contributed by atoms with Crippen molar-refractivity contribution in [1.29, 1.82) is 0 Å². The first-order valence-electron chi connectivity index (χ1n) is 6.60. The fourth-order valence-corrected chi connectivity index (χ4v) is 1.67. The highest BCUT2D eigenvalue weighted by molar-refractivity contribution is 5.77. The number of hydrogen-bond acceptors (Lipinski definition) is 5. The summed E-state index contributed by atoms with van der Waals surface area (Å²) in [6.07, 6.45) is 2.20. The van der Waals surface area contributed by atoms with Crippen LogP contribution in [0.4, 0.5) is 31.8 Å². The molecule has 0 bridgehead atoms. The molecular formula is C14H17F2N5. The van der Waals surface area contributed by atoms with Crippen LogP contribution >= 0.6 is 0 Å². The highest BCUT2D eigenvalue weighted by atomic mass is 19.1. The van der Waals surface area contributed by atoms with Crippen LogP contribution in [0.3, 0.4) is 0 Å². The van der Waals surface area contributed by atoms with Gasteiger partial charge in [-0.25, -0.2) is 18.7 Å². The van der Waals surface area contributed by atoms with Crippen molar-refractivity contribution in [2.45, 2.75) is 26.3 Å². The Morgan fingerprint density at radius 1 is 1.24 bits per heavy atom. The third-order valence-corrected chi connectivity index (χ3v) is 3.06. The van der Waals surface area contributed by atoms with Crippen LogP contribution in [0.2, 0.25) is 0 Å². The molecule has 1 atom stereocenters. The van der Waals surface area contributed by atoms with Gasteiger partial charge in [0, 0.05) is 12.1 Å². The van der Waals surface area contributed by atoms with Gasteiger partial charge in [0.15, 0.2) is 11.6 Å². The summed E-state index contributed by atoms with van der Waals surface area (Å²) in [5, 5.41) is 5.81. The number of nitrogens with two attached hydrogens (primary N) is 1. The molecule has 1 unspecified atom stereocenters. The summed E-state index contributed by atoms with van der Waals surface area (Å²) in [4.78, 5) is 8.02. The number of hydrogen-bond donors (Lipinski definition) is 3. The van der Waals surface area contributed by atoms with Gasteiger partial charge in [-0.2, -0.15) is 0 Å². The molecule has 1 aromatic heterocycles. The van der Waals surface area contributed by atoms with Crippen molar-refractivity contribution in [2.24, 2.45) is 0 Å². The first kappa shape index (κ1) is 15.0. The number of nitrogens with one attached hydrogen (secondary N) is 2. The first-order chi connectivity index (χ1) is 10.0. The van der Waals surface area contributed by atoms with Gasteiger partial charge in [0.05, 0.1) is 5.69 Å². The zero-order valence-corrected chi connectivity index (χ0v) is 11.8. The van der Waals surface area contributed by atoms with Gasteiger partial charge in [-0.05, 0) is 25.5 Å². The smallest absolute Gasteiger partial charge is 0.159 e. The van der Waals surface area contributed by atoms with Gasteiger partial charge in [-0.3, -0.25) is 0 Å². The van der Waals surface area contributed by atoms with Crippen LogP contribution < -0.4 is 16.4 Å². The molecule has 0 aliphatic rings. The molecule has 112 valence electrons. The molecule has 21 heavy (non-hydrogen) atoms. The topological polar surface area (TPSA) is 75.9 Å². The van der Waals surface area contributed by atoms with E-state index in [-0.39, 0.29) is 23.2 Å². The van der Waals surface area contributed by atoms with Gasteiger partial charge in [0.1, 0.15) is 23.6 Å². The molecule has 2 rings (SSSR count). The lowest BCUT2D eigenvalue weighted by atomic mass is 10.2. The van der Waals surface area contributed by atoms with E-state index >= 15 is 0 Å². The minimum atomic E-state index is -0.592. The van der Waals surface area contributed by atoms with E-state index in [1.54, 1.807) is 0 Å². The molecule has 1 heterocycles. The Bertz CT molecular complexity index is 633. The Hall–Kier alpha value is -2.44. The predicted octanol–water partition coefficient (Wildman–Crippen LogP) is 3.29. The van der Waals surface area contributed by atoms with Gasteiger partial charge < -0.3 is 16.4 Å². The lowest BCUT2D eigenvalue weighted by Gasteiger charge is -2.16. The van der Waals surface area contributed by atoms with Crippen LogP contribution in [0.25, 0.3) is 0 Å². The van der Waals surface area contributed by atoms with Gasteiger partial charge >= 0.3 is 0 Å². The van der Waals surface area contributed by atoms with Crippen molar-refractivity contribution in [3.8, 4) is 0 Å². The van der Waals surface area contributed by atoms with Crippen molar-refractivity contribution in [3.63, 3.8) is 0 Å². The maximum Gasteiger partial charge on any atom is 0.159 e. The average molecular weight is 293 g/mol. The molecule has 0 saturated carbocycles. The minimum Gasteiger partial charge on any atom is -0.393 e. The Morgan fingerprint density at radius 2 is 1.95 bits per heavy atom. The first-order valence-corrected chi connectivity index (χ1v) is 6.60. The average Bonchev–Trinajstić information content (AvgIpc) is 2.46. The zero-order chi connectivity index (χ0) is 15.4. The molecule has 0 spiro atoms. The van der Waals surface area contributed by atoms with Crippen LogP contribution in [0, 0.1) is 11.6 Å². The molecule has 0 saturated heterocycles. The Balaban J connectivity index is 2.28. The van der Waals surface area contributed by atoms with Crippen molar-refractivity contribution in [1.82, 2.24) is 9.97 Å². The van der Waals surface area contributed by atoms with E-state index in [4.69, 9.17) is 5.73 Å². The summed E-state index contributed by atoms with van der Waals surface area (Å²) < 4.78 is 26.8. The largest absolute Gasteiger partial charge is 0.393 e. The summed E-state index contributed by atoms with van der Waals surface area (Å²) in [6, 6.07) is 3.30. The second-order valence-electron chi connectivity index (χ2n) is 4.69. The lowest BCUT2D eigenvalue weighted by molar-refractivity contribution is 0.603. The van der Waals surface area contributed by atoms with Crippen molar-refractivity contribution >= 4 is 23.0 Å². The maximum atomic E-state index is 13.6. The van der Waals surface area contributed by atoms with E-state index in [1.807, 2.05) is 13.8 Å². The standard InChI is InChI=1S/C14H17F2N5/c1-3-8(2)20-13-12(17)14(19-7-18-13)21-11-6-9(15)4-5-10(11)16/h4-8H,3,17H2,1-2H3,(H2,18,19,20,21). The number of nitrogens with zero attached hydrogens (tertiary/aromatic N) is 2. The second kappa shape index (κ2) is 6.34. The number of rotatable bonds is 5. The van der Waals surface area contributed by atoms with Crippen molar-refractivity contribution in [3.05, 3.63) is 36.2 Å². The van der Waals surface area contributed by atoms with Gasteiger partial charge in [-0.1, -0.05) is 6.92 Å². The van der Waals surface area contributed by atoms with Gasteiger partial charge in [0.2, 0.25) is 0 Å². The van der Waals surface area contributed by atoms with Crippen LogP contribution in [0.1, 0.15) is 20.3 Å². The minimum absolute atomic E-state index is 0.0325. The Morgan fingerprint density at radius 3 is 2.67 bits per heavy atom. The van der Waals surface area contributed by atoms with Crippen LogP contribution in [0.15, 0.2) is 24.5 Å². The number of aromatic nitrogens is 2. The molecule has 0 aliphatic carbocycles.